The number of hydrogen-bond donors (Lipinski definition) is 2. The van der Waals surface area contributed by atoms with Crippen molar-refractivity contribution in [3.63, 3.8) is 0 Å². The summed E-state index contributed by atoms with van der Waals surface area (Å²) in [5, 5.41) is 5.77. The van der Waals surface area contributed by atoms with Crippen LogP contribution in [0.1, 0.15) is 44.0 Å². The van der Waals surface area contributed by atoms with Crippen LogP contribution in [0.4, 0.5) is 11.4 Å². The minimum Gasteiger partial charge on any atom is -0.493 e. The molecule has 2 amide bonds. The van der Waals surface area contributed by atoms with Gasteiger partial charge in [-0.1, -0.05) is 36.4 Å². The summed E-state index contributed by atoms with van der Waals surface area (Å²) >= 11 is 0. The minimum atomic E-state index is -0.438. The molecular formula is C36H35N5O4. The number of amides is 2. The van der Waals surface area contributed by atoms with Gasteiger partial charge in [0.1, 0.15) is 5.69 Å². The molecule has 5 aromatic rings. The Balaban J connectivity index is 1.02. The van der Waals surface area contributed by atoms with E-state index in [0.717, 1.165) is 50.4 Å². The number of carbonyl (C=O) groups excluding carboxylic acids is 2. The summed E-state index contributed by atoms with van der Waals surface area (Å²) in [6, 6.07) is 26.4. The van der Waals surface area contributed by atoms with Crippen LogP contribution in [-0.4, -0.2) is 54.0 Å². The van der Waals surface area contributed by atoms with Crippen LogP contribution < -0.4 is 20.1 Å². The van der Waals surface area contributed by atoms with Crippen LogP contribution >= 0.6 is 0 Å². The highest BCUT2D eigenvalue weighted by Gasteiger charge is 2.19. The van der Waals surface area contributed by atoms with Crippen molar-refractivity contribution < 1.29 is 19.1 Å². The number of aromatic nitrogens is 2. The summed E-state index contributed by atoms with van der Waals surface area (Å²) in [4.78, 5) is 37.4. The molecule has 0 saturated heterocycles. The van der Waals surface area contributed by atoms with Crippen molar-refractivity contribution in [3.05, 3.63) is 119 Å². The van der Waals surface area contributed by atoms with Crippen LogP contribution in [-0.2, 0) is 19.4 Å². The third-order valence-electron chi connectivity index (χ3n) is 8.05. The van der Waals surface area contributed by atoms with Gasteiger partial charge >= 0.3 is 0 Å². The molecule has 0 unspecified atom stereocenters. The molecule has 0 fully saturated rings. The molecule has 2 N–H and O–H groups in total. The van der Waals surface area contributed by atoms with Gasteiger partial charge in [0.2, 0.25) is 0 Å². The number of rotatable bonds is 10. The molecule has 2 heterocycles. The molecule has 9 heteroatoms. The largest absolute Gasteiger partial charge is 0.493 e. The standard InChI is InChI=1S/C36H35N5O4/c1-44-33-20-25-17-19-41(23-26(25)21-34(33)45-2)18-7-8-24-13-15-27(16-14-24)38-35(42)28-9-3-4-10-29(28)40-36(43)32-22-37-30-11-5-6-12-31(30)39-32/h3-6,9-16,20-22H,7-8,17-19,23H2,1-2H3,(H,38,42)(H,40,43). The van der Waals surface area contributed by atoms with E-state index in [4.69, 9.17) is 9.47 Å². The van der Waals surface area contributed by atoms with E-state index in [1.165, 1.54) is 22.9 Å². The number of nitrogens with one attached hydrogen (secondary N) is 2. The number of carbonyl (C=O) groups is 2. The number of aryl methyl sites for hydroxylation is 1. The van der Waals surface area contributed by atoms with Crippen molar-refractivity contribution in [2.75, 3.05) is 37.9 Å². The molecule has 9 nitrogen and oxygen atoms in total. The highest BCUT2D eigenvalue weighted by Crippen LogP contribution is 2.33. The third-order valence-corrected chi connectivity index (χ3v) is 8.05. The summed E-state index contributed by atoms with van der Waals surface area (Å²) in [7, 11) is 3.34. The van der Waals surface area contributed by atoms with Gasteiger partial charge in [-0.05, 0) is 91.0 Å². The second kappa shape index (κ2) is 13.6. The number of anilines is 2. The van der Waals surface area contributed by atoms with E-state index in [1.54, 1.807) is 44.6 Å². The quantitative estimate of drug-likeness (QED) is 0.198. The van der Waals surface area contributed by atoms with E-state index in [-0.39, 0.29) is 11.6 Å². The first-order chi connectivity index (χ1) is 22.0. The zero-order chi connectivity index (χ0) is 31.2. The predicted octanol–water partition coefficient (Wildman–Crippen LogP) is 6.14. The van der Waals surface area contributed by atoms with Gasteiger partial charge in [-0.15, -0.1) is 0 Å². The van der Waals surface area contributed by atoms with Gasteiger partial charge in [-0.2, -0.15) is 0 Å². The molecule has 4 aromatic carbocycles. The van der Waals surface area contributed by atoms with Gasteiger partial charge in [0.05, 0.1) is 42.7 Å². The van der Waals surface area contributed by atoms with Crippen molar-refractivity contribution in [2.24, 2.45) is 0 Å². The topological polar surface area (TPSA) is 106 Å². The number of hydrogen-bond acceptors (Lipinski definition) is 7. The Hall–Kier alpha value is -5.28. The lowest BCUT2D eigenvalue weighted by atomic mass is 9.98. The number of fused-ring (bicyclic) bond motifs is 2. The molecule has 0 atom stereocenters. The molecule has 0 aliphatic carbocycles. The van der Waals surface area contributed by atoms with Crippen LogP contribution in [0.3, 0.4) is 0 Å². The van der Waals surface area contributed by atoms with Gasteiger partial charge < -0.3 is 20.1 Å². The average Bonchev–Trinajstić information content (AvgIpc) is 3.08. The SMILES string of the molecule is COc1cc2c(cc1OC)CN(CCCc1ccc(NC(=O)c3ccccc3NC(=O)c3cnc4ccccc4n3)cc1)CC2. The molecule has 1 aliphatic rings. The Bertz CT molecular complexity index is 1840. The maximum Gasteiger partial charge on any atom is 0.275 e. The first-order valence-electron chi connectivity index (χ1n) is 15.0. The normalized spacial score (nSPS) is 12.8. The fraction of sp³-hybridized carbons (Fsp3) is 0.222. The summed E-state index contributed by atoms with van der Waals surface area (Å²) < 4.78 is 11.0. The number of benzene rings is 4. The second-order valence-corrected chi connectivity index (χ2v) is 11.0. The van der Waals surface area contributed by atoms with E-state index < -0.39 is 5.91 Å². The first kappa shape index (κ1) is 29.8. The number of para-hydroxylation sites is 3. The fourth-order valence-corrected chi connectivity index (χ4v) is 5.64. The summed E-state index contributed by atoms with van der Waals surface area (Å²) in [5.41, 5.74) is 6.75. The molecule has 0 bridgehead atoms. The van der Waals surface area contributed by atoms with Crippen molar-refractivity contribution in [1.82, 2.24) is 14.9 Å². The van der Waals surface area contributed by atoms with Crippen molar-refractivity contribution in [3.8, 4) is 11.5 Å². The molecule has 0 radical (unpaired) electrons. The van der Waals surface area contributed by atoms with Crippen molar-refractivity contribution in [2.45, 2.75) is 25.8 Å². The molecule has 1 aromatic heterocycles. The van der Waals surface area contributed by atoms with E-state index >= 15 is 0 Å². The van der Waals surface area contributed by atoms with E-state index in [2.05, 4.69) is 37.6 Å². The molecule has 1 aliphatic heterocycles. The maximum atomic E-state index is 13.2. The van der Waals surface area contributed by atoms with Gasteiger partial charge in [0, 0.05) is 18.8 Å². The van der Waals surface area contributed by atoms with E-state index in [1.807, 2.05) is 42.5 Å². The molecular weight excluding hydrogens is 566 g/mol. The highest BCUT2D eigenvalue weighted by molar-refractivity contribution is 6.12. The van der Waals surface area contributed by atoms with Gasteiger partial charge in [-0.3, -0.25) is 19.5 Å². The molecule has 228 valence electrons. The Labute approximate surface area is 262 Å². The van der Waals surface area contributed by atoms with Crippen LogP contribution in [0.5, 0.6) is 11.5 Å². The maximum absolute atomic E-state index is 13.2. The Morgan fingerprint density at radius 1 is 0.822 bits per heavy atom. The van der Waals surface area contributed by atoms with E-state index in [9.17, 15) is 9.59 Å². The summed E-state index contributed by atoms with van der Waals surface area (Å²) in [6.45, 7) is 2.92. The van der Waals surface area contributed by atoms with Gasteiger partial charge in [0.25, 0.3) is 11.8 Å². The Morgan fingerprint density at radius 2 is 1.53 bits per heavy atom. The number of methoxy groups -OCH3 is 2. The monoisotopic (exact) mass is 601 g/mol. The highest BCUT2D eigenvalue weighted by atomic mass is 16.5. The Kier molecular flexibility index (Phi) is 8.98. The number of ether oxygens (including phenoxy) is 2. The molecule has 0 spiro atoms. The molecule has 6 rings (SSSR count). The lowest BCUT2D eigenvalue weighted by Gasteiger charge is -2.29. The summed E-state index contributed by atoms with van der Waals surface area (Å²) in [6.07, 6.45) is 4.40. The summed E-state index contributed by atoms with van der Waals surface area (Å²) in [5.74, 6) is 0.802. The second-order valence-electron chi connectivity index (χ2n) is 11.0. The van der Waals surface area contributed by atoms with Crippen LogP contribution in [0.2, 0.25) is 0 Å². The third kappa shape index (κ3) is 6.94. The van der Waals surface area contributed by atoms with Gasteiger partial charge in [-0.25, -0.2) is 4.98 Å². The molecule has 0 saturated carbocycles. The predicted molar refractivity (Wildman–Crippen MR) is 175 cm³/mol. The van der Waals surface area contributed by atoms with Gasteiger partial charge in [0.15, 0.2) is 11.5 Å². The van der Waals surface area contributed by atoms with Crippen LogP contribution in [0, 0.1) is 0 Å². The zero-order valence-corrected chi connectivity index (χ0v) is 25.4. The molecule has 45 heavy (non-hydrogen) atoms. The Morgan fingerprint density at radius 3 is 2.31 bits per heavy atom. The van der Waals surface area contributed by atoms with Crippen molar-refractivity contribution >= 4 is 34.2 Å². The zero-order valence-electron chi connectivity index (χ0n) is 25.4. The minimum absolute atomic E-state index is 0.172. The lowest BCUT2D eigenvalue weighted by Crippen LogP contribution is -2.31. The van der Waals surface area contributed by atoms with E-state index in [0.29, 0.717) is 28.0 Å². The number of nitrogens with zero attached hydrogens (tertiary/aromatic N) is 3. The van der Waals surface area contributed by atoms with Crippen LogP contribution in [0.15, 0.2) is 91.1 Å². The lowest BCUT2D eigenvalue weighted by molar-refractivity contribution is 0.102. The smallest absolute Gasteiger partial charge is 0.275 e. The average molecular weight is 602 g/mol. The van der Waals surface area contributed by atoms with Crippen molar-refractivity contribution in [1.29, 1.82) is 0 Å². The fourth-order valence-electron chi connectivity index (χ4n) is 5.64. The van der Waals surface area contributed by atoms with Crippen LogP contribution in [0.25, 0.3) is 11.0 Å². The first-order valence-corrected chi connectivity index (χ1v) is 15.0.